The molecule has 0 saturated heterocycles. The van der Waals surface area contributed by atoms with Crippen molar-refractivity contribution in [2.45, 2.75) is 65.3 Å². The van der Waals surface area contributed by atoms with E-state index in [2.05, 4.69) is 22.5 Å². The minimum atomic E-state index is 0.244. The highest BCUT2D eigenvalue weighted by atomic mass is 16.3. The third-order valence-electron chi connectivity index (χ3n) is 6.08. The van der Waals surface area contributed by atoms with E-state index in [4.69, 9.17) is 14.4 Å². The van der Waals surface area contributed by atoms with Gasteiger partial charge in [0.1, 0.15) is 11.6 Å². The molecule has 1 saturated carbocycles. The maximum atomic E-state index is 9.53. The van der Waals surface area contributed by atoms with Crippen LogP contribution in [0.4, 0.5) is 11.8 Å². The summed E-state index contributed by atoms with van der Waals surface area (Å²) < 4.78 is 6.15. The highest BCUT2D eigenvalue weighted by Crippen LogP contribution is 2.36. The van der Waals surface area contributed by atoms with Crippen LogP contribution in [0.1, 0.15) is 56.8 Å². The number of nitrogens with one attached hydrogen (secondary N) is 2. The third-order valence-corrected chi connectivity index (χ3v) is 6.08. The van der Waals surface area contributed by atoms with Gasteiger partial charge >= 0.3 is 0 Å². The van der Waals surface area contributed by atoms with Crippen LogP contribution < -0.4 is 10.6 Å². The molecule has 7 heteroatoms. The first kappa shape index (κ1) is 21.6. The van der Waals surface area contributed by atoms with Gasteiger partial charge in [0.15, 0.2) is 5.58 Å². The summed E-state index contributed by atoms with van der Waals surface area (Å²) in [5.41, 5.74) is 3.48. The van der Waals surface area contributed by atoms with Gasteiger partial charge in [-0.15, -0.1) is 0 Å². The number of aliphatic hydroxyl groups excluding tert-OH is 1. The molecule has 1 aliphatic rings. The number of aliphatic hydroxyl groups is 1. The number of aromatic nitrogens is 3. The Balaban J connectivity index is 1.67. The molecule has 0 amide bonds. The molecule has 166 valence electrons. The fraction of sp³-hybridized carbons (Fsp3) is 0.542. The van der Waals surface area contributed by atoms with Crippen molar-refractivity contribution in [1.82, 2.24) is 15.0 Å². The maximum absolute atomic E-state index is 9.53. The Morgan fingerprint density at radius 3 is 2.81 bits per heavy atom. The largest absolute Gasteiger partial charge is 0.454 e. The van der Waals surface area contributed by atoms with Crippen LogP contribution >= 0.6 is 0 Å². The van der Waals surface area contributed by atoms with Crippen molar-refractivity contribution in [1.29, 1.82) is 0 Å². The lowest BCUT2D eigenvalue weighted by Gasteiger charge is -2.18. The lowest BCUT2D eigenvalue weighted by molar-refractivity contribution is 0.229. The number of anilines is 2. The normalized spacial score (nSPS) is 18.6. The fourth-order valence-electron chi connectivity index (χ4n) is 4.37. The molecule has 0 aliphatic heterocycles. The summed E-state index contributed by atoms with van der Waals surface area (Å²) in [5.74, 6) is 2.54. The average molecular weight is 424 g/mol. The van der Waals surface area contributed by atoms with Gasteiger partial charge in [-0.25, -0.2) is 4.98 Å². The number of nitrogens with zero attached hydrogens (tertiary/aromatic N) is 3. The topological polar surface area (TPSA) is 96.1 Å². The number of rotatable bonds is 9. The van der Waals surface area contributed by atoms with Crippen LogP contribution in [-0.2, 0) is 0 Å². The van der Waals surface area contributed by atoms with Crippen LogP contribution in [-0.4, -0.2) is 39.3 Å². The molecule has 0 bridgehead atoms. The Hall–Kier alpha value is -2.67. The first-order valence-corrected chi connectivity index (χ1v) is 11.4. The van der Waals surface area contributed by atoms with Gasteiger partial charge in [0, 0.05) is 30.3 Å². The van der Waals surface area contributed by atoms with Gasteiger partial charge in [-0.3, -0.25) is 4.98 Å². The monoisotopic (exact) mass is 423 g/mol. The van der Waals surface area contributed by atoms with Crippen LogP contribution in [0.5, 0.6) is 0 Å². The summed E-state index contributed by atoms with van der Waals surface area (Å²) in [4.78, 5) is 13.9. The second kappa shape index (κ2) is 9.64. The van der Waals surface area contributed by atoms with Crippen molar-refractivity contribution in [3.05, 3.63) is 29.7 Å². The Morgan fingerprint density at radius 2 is 2.03 bits per heavy atom. The minimum Gasteiger partial charge on any atom is -0.454 e. The molecule has 2 unspecified atom stereocenters. The molecule has 3 heterocycles. The molecule has 0 aromatic carbocycles. The predicted molar refractivity (Wildman–Crippen MR) is 124 cm³/mol. The second-order valence-corrected chi connectivity index (χ2v) is 8.67. The molecule has 3 aromatic rings. The molecule has 1 aliphatic carbocycles. The Labute approximate surface area is 183 Å². The first-order chi connectivity index (χ1) is 15.1. The SMILES string of the molecule is CCCCCNc1nc(C)c(-c2cc3cc(C)ncc3o2)c(NC2CCC(CO)C2)n1. The molecule has 4 rings (SSSR count). The van der Waals surface area contributed by atoms with Crippen LogP contribution in [0.15, 0.2) is 22.7 Å². The van der Waals surface area contributed by atoms with E-state index in [-0.39, 0.29) is 12.6 Å². The quantitative estimate of drug-likeness (QED) is 0.413. The molecule has 0 radical (unpaired) electrons. The lowest BCUT2D eigenvalue weighted by Crippen LogP contribution is -2.19. The zero-order chi connectivity index (χ0) is 21.8. The Bertz CT molecular complexity index is 1030. The van der Waals surface area contributed by atoms with Gasteiger partial charge in [-0.05, 0) is 57.6 Å². The number of unbranched alkanes of at least 4 members (excludes halogenated alkanes) is 2. The van der Waals surface area contributed by atoms with E-state index in [0.717, 1.165) is 71.7 Å². The van der Waals surface area contributed by atoms with Gasteiger partial charge in [0.25, 0.3) is 0 Å². The number of fused-ring (bicyclic) bond motifs is 1. The standard InChI is InChI=1S/C24H33N5O2/c1-4-5-6-9-25-24-27-16(3)22(20-12-18-10-15(2)26-13-21(18)31-20)23(29-24)28-19-8-7-17(11-19)14-30/h10,12-13,17,19,30H,4-9,11,14H2,1-3H3,(H2,25,27,28,29). The minimum absolute atomic E-state index is 0.244. The summed E-state index contributed by atoms with van der Waals surface area (Å²) in [6, 6.07) is 4.35. The third kappa shape index (κ3) is 4.98. The molecule has 7 nitrogen and oxygen atoms in total. The van der Waals surface area contributed by atoms with Crippen molar-refractivity contribution in [2.24, 2.45) is 5.92 Å². The number of aryl methyl sites for hydroxylation is 2. The van der Waals surface area contributed by atoms with Crippen LogP contribution in [0.3, 0.4) is 0 Å². The first-order valence-electron chi connectivity index (χ1n) is 11.4. The Morgan fingerprint density at radius 1 is 1.16 bits per heavy atom. The van der Waals surface area contributed by atoms with E-state index >= 15 is 0 Å². The lowest BCUT2D eigenvalue weighted by atomic mass is 10.1. The van der Waals surface area contributed by atoms with Crippen molar-refractivity contribution in [3.8, 4) is 11.3 Å². The van der Waals surface area contributed by atoms with Crippen molar-refractivity contribution in [3.63, 3.8) is 0 Å². The smallest absolute Gasteiger partial charge is 0.224 e. The van der Waals surface area contributed by atoms with E-state index in [1.165, 1.54) is 12.8 Å². The molecule has 2 atom stereocenters. The number of hydrogen-bond acceptors (Lipinski definition) is 7. The van der Waals surface area contributed by atoms with E-state index in [1.54, 1.807) is 6.20 Å². The van der Waals surface area contributed by atoms with E-state index < -0.39 is 0 Å². The van der Waals surface area contributed by atoms with Crippen molar-refractivity contribution < 1.29 is 9.52 Å². The summed E-state index contributed by atoms with van der Waals surface area (Å²) >= 11 is 0. The van der Waals surface area contributed by atoms with Gasteiger partial charge in [-0.1, -0.05) is 19.8 Å². The van der Waals surface area contributed by atoms with Crippen molar-refractivity contribution in [2.75, 3.05) is 23.8 Å². The fourth-order valence-corrected chi connectivity index (χ4v) is 4.37. The molecule has 3 aromatic heterocycles. The molecule has 1 fully saturated rings. The summed E-state index contributed by atoms with van der Waals surface area (Å²) in [6.45, 7) is 7.28. The molecular formula is C24H33N5O2. The molecule has 3 N–H and O–H groups in total. The average Bonchev–Trinajstić information content (AvgIpc) is 3.37. The summed E-state index contributed by atoms with van der Waals surface area (Å²) in [6.07, 6.45) is 8.24. The van der Waals surface area contributed by atoms with Gasteiger partial charge in [-0.2, -0.15) is 4.98 Å². The van der Waals surface area contributed by atoms with Crippen LogP contribution in [0.2, 0.25) is 0 Å². The highest BCUT2D eigenvalue weighted by molar-refractivity contribution is 5.86. The zero-order valence-corrected chi connectivity index (χ0v) is 18.7. The maximum Gasteiger partial charge on any atom is 0.224 e. The highest BCUT2D eigenvalue weighted by Gasteiger charge is 2.26. The van der Waals surface area contributed by atoms with Gasteiger partial charge < -0.3 is 20.2 Å². The summed E-state index contributed by atoms with van der Waals surface area (Å²) in [5, 5.41) is 17.6. The van der Waals surface area contributed by atoms with E-state index in [0.29, 0.717) is 11.9 Å². The van der Waals surface area contributed by atoms with Gasteiger partial charge in [0.2, 0.25) is 5.95 Å². The number of furan rings is 1. The van der Waals surface area contributed by atoms with E-state index in [1.807, 2.05) is 26.0 Å². The van der Waals surface area contributed by atoms with Crippen LogP contribution in [0.25, 0.3) is 22.3 Å². The molecule has 31 heavy (non-hydrogen) atoms. The van der Waals surface area contributed by atoms with Gasteiger partial charge in [0.05, 0.1) is 17.5 Å². The number of hydrogen-bond donors (Lipinski definition) is 3. The summed E-state index contributed by atoms with van der Waals surface area (Å²) in [7, 11) is 0. The van der Waals surface area contributed by atoms with Crippen molar-refractivity contribution >= 4 is 22.7 Å². The molecule has 0 spiro atoms. The predicted octanol–water partition coefficient (Wildman–Crippen LogP) is 5.08. The van der Waals surface area contributed by atoms with Crippen LogP contribution in [0, 0.1) is 19.8 Å². The molecular weight excluding hydrogens is 390 g/mol. The second-order valence-electron chi connectivity index (χ2n) is 8.67. The Kier molecular flexibility index (Phi) is 6.70. The zero-order valence-electron chi connectivity index (χ0n) is 18.7. The van der Waals surface area contributed by atoms with E-state index in [9.17, 15) is 5.11 Å². The number of pyridine rings is 1.